The van der Waals surface area contributed by atoms with Crippen LogP contribution in [0.3, 0.4) is 0 Å². The lowest BCUT2D eigenvalue weighted by atomic mass is 9.85. The maximum atomic E-state index is 6.32. The number of rotatable bonds is 3. The van der Waals surface area contributed by atoms with Crippen LogP contribution < -0.4 is 5.32 Å². The number of fused-ring (bicyclic) bond motifs is 1. The van der Waals surface area contributed by atoms with Crippen LogP contribution in [0.1, 0.15) is 39.5 Å². The fourth-order valence-electron chi connectivity index (χ4n) is 2.30. The van der Waals surface area contributed by atoms with Crippen molar-refractivity contribution in [3.8, 4) is 0 Å². The summed E-state index contributed by atoms with van der Waals surface area (Å²) in [6.07, 6.45) is 0. The van der Waals surface area contributed by atoms with Crippen LogP contribution in [0.5, 0.6) is 0 Å². The predicted molar refractivity (Wildman–Crippen MR) is 89.8 cm³/mol. The molecule has 0 aliphatic carbocycles. The Balaban J connectivity index is 2.61. The molecule has 0 aliphatic heterocycles. The molecular weight excluding hydrogens is 361 g/mol. The van der Waals surface area contributed by atoms with Crippen molar-refractivity contribution in [1.82, 2.24) is 5.32 Å². The molecule has 0 saturated carbocycles. The maximum Gasteiger partial charge on any atom is 0.154 e. The molecular formula is C15H18BrCl2NO. The molecule has 2 rings (SSSR count). The van der Waals surface area contributed by atoms with Crippen molar-refractivity contribution in [2.24, 2.45) is 5.41 Å². The zero-order valence-electron chi connectivity index (χ0n) is 12.0. The molecule has 0 fully saturated rings. The monoisotopic (exact) mass is 377 g/mol. The Morgan fingerprint density at radius 2 is 1.95 bits per heavy atom. The average molecular weight is 379 g/mol. The number of hydrogen-bond donors (Lipinski definition) is 1. The van der Waals surface area contributed by atoms with Gasteiger partial charge < -0.3 is 9.73 Å². The van der Waals surface area contributed by atoms with Crippen molar-refractivity contribution in [2.45, 2.75) is 33.7 Å². The molecule has 5 heteroatoms. The average Bonchev–Trinajstić information content (AvgIpc) is 2.77. The maximum absolute atomic E-state index is 6.32. The van der Waals surface area contributed by atoms with E-state index in [2.05, 4.69) is 48.9 Å². The van der Waals surface area contributed by atoms with Crippen molar-refractivity contribution in [3.63, 3.8) is 0 Å². The third kappa shape index (κ3) is 3.01. The van der Waals surface area contributed by atoms with E-state index in [4.69, 9.17) is 27.6 Å². The number of benzene rings is 1. The van der Waals surface area contributed by atoms with Crippen molar-refractivity contribution >= 4 is 50.1 Å². The molecule has 0 amide bonds. The van der Waals surface area contributed by atoms with Crippen LogP contribution in [0.25, 0.3) is 11.0 Å². The molecule has 1 atom stereocenters. The number of nitrogens with one attached hydrogen (secondary N) is 1. The third-order valence-corrected chi connectivity index (χ3v) is 4.77. The summed E-state index contributed by atoms with van der Waals surface area (Å²) in [5.74, 6) is 0.858. The van der Waals surface area contributed by atoms with Gasteiger partial charge in [0.05, 0.1) is 16.1 Å². The van der Waals surface area contributed by atoms with Crippen LogP contribution in [-0.4, -0.2) is 6.54 Å². The topological polar surface area (TPSA) is 25.2 Å². The minimum atomic E-state index is 0.0278. The highest BCUT2D eigenvalue weighted by molar-refractivity contribution is 9.10. The van der Waals surface area contributed by atoms with Crippen LogP contribution in [0, 0.1) is 5.41 Å². The Hall–Kier alpha value is -0.220. The van der Waals surface area contributed by atoms with Crippen molar-refractivity contribution < 1.29 is 4.42 Å². The van der Waals surface area contributed by atoms with Gasteiger partial charge in [-0.05, 0) is 40.0 Å². The molecule has 110 valence electrons. The van der Waals surface area contributed by atoms with Crippen molar-refractivity contribution in [1.29, 1.82) is 0 Å². The minimum absolute atomic E-state index is 0.0278. The smallest absolute Gasteiger partial charge is 0.154 e. The quantitative estimate of drug-likeness (QED) is 0.643. The van der Waals surface area contributed by atoms with E-state index in [0.29, 0.717) is 15.6 Å². The largest absolute Gasteiger partial charge is 0.458 e. The van der Waals surface area contributed by atoms with E-state index in [-0.39, 0.29) is 11.5 Å². The highest BCUT2D eigenvalue weighted by Gasteiger charge is 2.29. The molecule has 2 nitrogen and oxygen atoms in total. The van der Waals surface area contributed by atoms with Crippen LogP contribution in [-0.2, 0) is 0 Å². The highest BCUT2D eigenvalue weighted by Crippen LogP contribution is 2.42. The summed E-state index contributed by atoms with van der Waals surface area (Å²) in [7, 11) is 0. The molecule has 0 spiro atoms. The van der Waals surface area contributed by atoms with Gasteiger partial charge in [-0.1, -0.05) is 50.9 Å². The number of hydrogen-bond acceptors (Lipinski definition) is 2. The summed E-state index contributed by atoms with van der Waals surface area (Å²) in [5.41, 5.74) is 0.669. The van der Waals surface area contributed by atoms with Crippen molar-refractivity contribution in [3.05, 3.63) is 32.4 Å². The van der Waals surface area contributed by atoms with Crippen LogP contribution in [0.4, 0.5) is 0 Å². The zero-order valence-corrected chi connectivity index (χ0v) is 15.1. The fraction of sp³-hybridized carbons (Fsp3) is 0.467. The molecule has 2 aromatic rings. The molecule has 1 aromatic carbocycles. The lowest BCUT2D eigenvalue weighted by Crippen LogP contribution is -2.31. The standard InChI is InChI=1S/C15H18BrCl2NO/c1-5-19-14(15(2,3)4)11-6-8-12(18)9(16)7-10(17)13(8)20-11/h6-7,14,19H,5H2,1-4H3. The highest BCUT2D eigenvalue weighted by atomic mass is 79.9. The van der Waals surface area contributed by atoms with Crippen molar-refractivity contribution in [2.75, 3.05) is 6.54 Å². The number of furan rings is 1. The van der Waals surface area contributed by atoms with Crippen LogP contribution in [0.2, 0.25) is 10.0 Å². The van der Waals surface area contributed by atoms with E-state index < -0.39 is 0 Å². The van der Waals surface area contributed by atoms with Gasteiger partial charge in [-0.2, -0.15) is 0 Å². The second kappa shape index (κ2) is 5.88. The first kappa shape index (κ1) is 16.2. The number of halogens is 3. The second-order valence-electron chi connectivity index (χ2n) is 5.90. The van der Waals surface area contributed by atoms with Gasteiger partial charge in [0.15, 0.2) is 5.58 Å². The van der Waals surface area contributed by atoms with Gasteiger partial charge in [0.25, 0.3) is 0 Å². The summed E-state index contributed by atoms with van der Waals surface area (Å²) in [6, 6.07) is 3.84. The Kier molecular flexibility index (Phi) is 4.75. The van der Waals surface area contributed by atoms with Gasteiger partial charge >= 0.3 is 0 Å². The molecule has 1 N–H and O–H groups in total. The predicted octanol–water partition coefficient (Wildman–Crippen LogP) is 6.20. The first-order valence-electron chi connectivity index (χ1n) is 6.56. The fourth-order valence-corrected chi connectivity index (χ4v) is 3.32. The van der Waals surface area contributed by atoms with Gasteiger partial charge in [-0.25, -0.2) is 0 Å². The third-order valence-electron chi connectivity index (χ3n) is 3.23. The Bertz CT molecular complexity index is 631. The van der Waals surface area contributed by atoms with E-state index in [0.717, 1.165) is 22.2 Å². The van der Waals surface area contributed by atoms with E-state index >= 15 is 0 Å². The van der Waals surface area contributed by atoms with Crippen LogP contribution in [0.15, 0.2) is 21.0 Å². The molecule has 0 radical (unpaired) electrons. The summed E-state index contributed by atoms with van der Waals surface area (Å²) in [6.45, 7) is 9.47. The van der Waals surface area contributed by atoms with Gasteiger partial charge in [-0.3, -0.25) is 0 Å². The van der Waals surface area contributed by atoms with E-state index in [1.54, 1.807) is 6.07 Å². The summed E-state index contributed by atoms with van der Waals surface area (Å²) >= 11 is 16.0. The minimum Gasteiger partial charge on any atom is -0.458 e. The molecule has 1 unspecified atom stereocenters. The second-order valence-corrected chi connectivity index (χ2v) is 7.54. The zero-order chi connectivity index (χ0) is 15.1. The molecule has 1 aromatic heterocycles. The lowest BCUT2D eigenvalue weighted by molar-refractivity contribution is 0.244. The SMILES string of the molecule is CCNC(c1cc2c(Cl)c(Br)cc(Cl)c2o1)C(C)(C)C. The Labute approximate surface area is 137 Å². The first-order chi connectivity index (χ1) is 9.25. The molecule has 0 bridgehead atoms. The summed E-state index contributed by atoms with van der Waals surface area (Å²) in [5, 5.41) is 5.49. The van der Waals surface area contributed by atoms with Gasteiger partial charge in [0, 0.05) is 9.86 Å². The summed E-state index contributed by atoms with van der Waals surface area (Å²) < 4.78 is 6.75. The lowest BCUT2D eigenvalue weighted by Gasteiger charge is -2.29. The van der Waals surface area contributed by atoms with Gasteiger partial charge in [0.2, 0.25) is 0 Å². The Morgan fingerprint density at radius 1 is 1.30 bits per heavy atom. The first-order valence-corrected chi connectivity index (χ1v) is 8.11. The van der Waals surface area contributed by atoms with E-state index in [1.165, 1.54) is 0 Å². The molecule has 20 heavy (non-hydrogen) atoms. The van der Waals surface area contributed by atoms with Gasteiger partial charge in [0.1, 0.15) is 5.76 Å². The molecule has 0 aliphatic rings. The Morgan fingerprint density at radius 3 is 2.50 bits per heavy atom. The summed E-state index contributed by atoms with van der Waals surface area (Å²) in [4.78, 5) is 0. The molecule has 1 heterocycles. The van der Waals surface area contributed by atoms with Crippen LogP contribution >= 0.6 is 39.1 Å². The normalized spacial score (nSPS) is 13.9. The van der Waals surface area contributed by atoms with Gasteiger partial charge in [-0.15, -0.1) is 0 Å². The van der Waals surface area contributed by atoms with E-state index in [1.807, 2.05) is 6.07 Å². The molecule has 0 saturated heterocycles. The van der Waals surface area contributed by atoms with E-state index in [9.17, 15) is 0 Å².